The largest absolute Gasteiger partial charge is 0.493 e. The number of benzene rings is 2. The van der Waals surface area contributed by atoms with E-state index in [-0.39, 0.29) is 16.8 Å². The Hall–Kier alpha value is -3.18. The van der Waals surface area contributed by atoms with E-state index in [1.54, 1.807) is 19.2 Å². The van der Waals surface area contributed by atoms with Gasteiger partial charge in [-0.1, -0.05) is 12.1 Å². The number of aryl methyl sites for hydroxylation is 1. The van der Waals surface area contributed by atoms with Gasteiger partial charge in [-0.05, 0) is 61.1 Å². The van der Waals surface area contributed by atoms with Crippen LogP contribution in [0.3, 0.4) is 0 Å². The van der Waals surface area contributed by atoms with Gasteiger partial charge in [0.1, 0.15) is 5.75 Å². The van der Waals surface area contributed by atoms with Crippen LogP contribution in [0.25, 0.3) is 0 Å². The number of halogens is 3. The van der Waals surface area contributed by atoms with Crippen molar-refractivity contribution in [2.45, 2.75) is 42.7 Å². The molecular weight excluding hydrogens is 495 g/mol. The van der Waals surface area contributed by atoms with Gasteiger partial charge in [0, 0.05) is 43.7 Å². The van der Waals surface area contributed by atoms with Gasteiger partial charge >= 0.3 is 6.18 Å². The van der Waals surface area contributed by atoms with E-state index in [2.05, 4.69) is 14.7 Å². The number of rotatable bonds is 9. The Morgan fingerprint density at radius 2 is 1.83 bits per heavy atom. The highest BCUT2D eigenvalue weighted by Crippen LogP contribution is 2.42. The lowest BCUT2D eigenvalue weighted by atomic mass is 9.82. The molecule has 0 fully saturated rings. The molecule has 1 aliphatic rings. The van der Waals surface area contributed by atoms with Gasteiger partial charge < -0.3 is 9.47 Å². The van der Waals surface area contributed by atoms with Crippen molar-refractivity contribution in [2.24, 2.45) is 0 Å². The summed E-state index contributed by atoms with van der Waals surface area (Å²) in [6.45, 7) is 0.842. The zero-order chi connectivity index (χ0) is 25.8. The van der Waals surface area contributed by atoms with E-state index in [1.807, 2.05) is 0 Å². The molecule has 1 unspecified atom stereocenters. The minimum absolute atomic E-state index is 0.0263. The maximum absolute atomic E-state index is 13.4. The van der Waals surface area contributed by atoms with E-state index in [0.717, 1.165) is 23.6 Å². The quantitative estimate of drug-likeness (QED) is 0.390. The van der Waals surface area contributed by atoms with Crippen LogP contribution in [-0.4, -0.2) is 38.7 Å². The Labute approximate surface area is 207 Å². The number of nitrogens with zero attached hydrogens (tertiary/aromatic N) is 2. The monoisotopic (exact) mass is 521 g/mol. The first kappa shape index (κ1) is 25.9. The minimum atomic E-state index is -4.44. The second-order valence-electron chi connectivity index (χ2n) is 8.43. The molecule has 0 bridgehead atoms. The van der Waals surface area contributed by atoms with Gasteiger partial charge in [-0.3, -0.25) is 0 Å². The number of aromatic nitrogens is 2. The highest BCUT2D eigenvalue weighted by Gasteiger charge is 2.33. The number of ether oxygens (including phenoxy) is 2. The van der Waals surface area contributed by atoms with Crippen molar-refractivity contribution in [3.63, 3.8) is 0 Å². The molecule has 0 spiro atoms. The van der Waals surface area contributed by atoms with Crippen molar-refractivity contribution in [1.82, 2.24) is 9.97 Å². The fourth-order valence-electron chi connectivity index (χ4n) is 4.29. The summed E-state index contributed by atoms with van der Waals surface area (Å²) in [6, 6.07) is 9.96. The predicted octanol–water partition coefficient (Wildman–Crippen LogP) is 5.18. The Morgan fingerprint density at radius 1 is 1.08 bits per heavy atom. The number of hydrogen-bond acceptors (Lipinski definition) is 6. The Morgan fingerprint density at radius 3 is 2.56 bits per heavy atom. The molecular formula is C25H26F3N3O4S. The average molecular weight is 522 g/mol. The zero-order valence-corrected chi connectivity index (χ0v) is 20.4. The number of methoxy groups -OCH3 is 1. The Kier molecular flexibility index (Phi) is 7.79. The molecule has 0 saturated carbocycles. The number of fused-ring (bicyclic) bond motifs is 1. The maximum atomic E-state index is 13.4. The molecule has 0 aliphatic carbocycles. The highest BCUT2D eigenvalue weighted by molar-refractivity contribution is 7.92. The number of sulfonamides is 1. The summed E-state index contributed by atoms with van der Waals surface area (Å²) in [6.07, 6.45) is 0.851. The van der Waals surface area contributed by atoms with Gasteiger partial charge in [0.25, 0.3) is 10.0 Å². The Balaban J connectivity index is 1.66. The van der Waals surface area contributed by atoms with E-state index in [4.69, 9.17) is 9.47 Å². The smallest absolute Gasteiger partial charge is 0.416 e. The van der Waals surface area contributed by atoms with E-state index >= 15 is 0 Å². The lowest BCUT2D eigenvalue weighted by molar-refractivity contribution is -0.137. The fraction of sp³-hybridized carbons (Fsp3) is 0.360. The van der Waals surface area contributed by atoms with Crippen LogP contribution in [-0.2, 0) is 27.4 Å². The standard InChI is InChI=1S/C25H26F3N3O4S/c1-34-13-3-2-5-17-15-18(25(26,27)28)6-8-20(17)21-10-14-35-23-16-19(7-9-22(21)23)36(32,33)31-24-29-11-4-12-30-24/h4,6-9,11-12,15-16,21H,2-3,5,10,13-14H2,1H3,(H,29,30,31). The molecule has 192 valence electrons. The number of hydrogen-bond donors (Lipinski definition) is 1. The van der Waals surface area contributed by atoms with Gasteiger partial charge in [-0.2, -0.15) is 13.2 Å². The molecule has 0 amide bonds. The second kappa shape index (κ2) is 10.8. The van der Waals surface area contributed by atoms with E-state index in [9.17, 15) is 21.6 Å². The summed E-state index contributed by atoms with van der Waals surface area (Å²) >= 11 is 0. The van der Waals surface area contributed by atoms with Crippen LogP contribution in [0.1, 0.15) is 47.4 Å². The summed E-state index contributed by atoms with van der Waals surface area (Å²) in [4.78, 5) is 7.73. The van der Waals surface area contributed by atoms with Crippen LogP contribution in [0, 0.1) is 0 Å². The lowest BCUT2D eigenvalue weighted by Gasteiger charge is -2.29. The Bertz CT molecular complexity index is 1300. The van der Waals surface area contributed by atoms with Crippen LogP contribution in [0.2, 0.25) is 0 Å². The van der Waals surface area contributed by atoms with Crippen molar-refractivity contribution < 1.29 is 31.1 Å². The lowest BCUT2D eigenvalue weighted by Crippen LogP contribution is -2.19. The minimum Gasteiger partial charge on any atom is -0.493 e. The average Bonchev–Trinajstić information content (AvgIpc) is 2.85. The van der Waals surface area contributed by atoms with Gasteiger partial charge in [-0.25, -0.2) is 23.1 Å². The summed E-state index contributed by atoms with van der Waals surface area (Å²) < 4.78 is 79.1. The first-order valence-corrected chi connectivity index (χ1v) is 12.9. The summed E-state index contributed by atoms with van der Waals surface area (Å²) in [7, 11) is -2.38. The van der Waals surface area contributed by atoms with Gasteiger partial charge in [0.2, 0.25) is 5.95 Å². The van der Waals surface area contributed by atoms with Crippen molar-refractivity contribution in [1.29, 1.82) is 0 Å². The molecule has 1 atom stereocenters. The molecule has 11 heteroatoms. The third kappa shape index (κ3) is 5.96. The van der Waals surface area contributed by atoms with Crippen molar-refractivity contribution in [2.75, 3.05) is 25.0 Å². The van der Waals surface area contributed by atoms with E-state index in [0.29, 0.717) is 43.8 Å². The predicted molar refractivity (Wildman–Crippen MR) is 127 cm³/mol. The molecule has 1 aromatic heterocycles. The fourth-order valence-corrected chi connectivity index (χ4v) is 5.26. The third-order valence-corrected chi connectivity index (χ3v) is 7.34. The summed E-state index contributed by atoms with van der Waals surface area (Å²) in [5.74, 6) is 0.0980. The first-order valence-electron chi connectivity index (χ1n) is 11.4. The third-order valence-electron chi connectivity index (χ3n) is 6.02. The van der Waals surface area contributed by atoms with Gasteiger partial charge in [0.05, 0.1) is 17.1 Å². The number of nitrogens with one attached hydrogen (secondary N) is 1. The normalized spacial score (nSPS) is 15.7. The molecule has 0 saturated heterocycles. The van der Waals surface area contributed by atoms with E-state index < -0.39 is 21.8 Å². The van der Waals surface area contributed by atoms with Gasteiger partial charge in [-0.15, -0.1) is 0 Å². The molecule has 2 heterocycles. The maximum Gasteiger partial charge on any atom is 0.416 e. The molecule has 2 aromatic carbocycles. The molecule has 1 aliphatic heterocycles. The molecule has 0 radical (unpaired) electrons. The van der Waals surface area contributed by atoms with Crippen LogP contribution < -0.4 is 9.46 Å². The molecule has 36 heavy (non-hydrogen) atoms. The van der Waals surface area contributed by atoms with Crippen LogP contribution in [0.4, 0.5) is 19.1 Å². The second-order valence-corrected chi connectivity index (χ2v) is 10.1. The van der Waals surface area contributed by atoms with Crippen LogP contribution in [0.5, 0.6) is 5.75 Å². The number of alkyl halides is 3. The zero-order valence-electron chi connectivity index (χ0n) is 19.6. The number of unbranched alkanes of at least 4 members (excludes halogenated alkanes) is 1. The van der Waals surface area contributed by atoms with E-state index in [1.165, 1.54) is 36.7 Å². The van der Waals surface area contributed by atoms with Gasteiger partial charge in [0.15, 0.2) is 0 Å². The first-order chi connectivity index (χ1) is 17.2. The van der Waals surface area contributed by atoms with Crippen LogP contribution in [0.15, 0.2) is 59.8 Å². The molecule has 7 nitrogen and oxygen atoms in total. The van der Waals surface area contributed by atoms with Crippen molar-refractivity contribution in [3.05, 3.63) is 77.1 Å². The van der Waals surface area contributed by atoms with Crippen molar-refractivity contribution in [3.8, 4) is 5.75 Å². The summed E-state index contributed by atoms with van der Waals surface area (Å²) in [5.41, 5.74) is 1.46. The molecule has 1 N–H and O–H groups in total. The topological polar surface area (TPSA) is 90.4 Å². The highest BCUT2D eigenvalue weighted by atomic mass is 32.2. The molecule has 3 aromatic rings. The van der Waals surface area contributed by atoms with Crippen LogP contribution >= 0.6 is 0 Å². The number of anilines is 1. The summed E-state index contributed by atoms with van der Waals surface area (Å²) in [5, 5.41) is 0. The molecule has 4 rings (SSSR count). The van der Waals surface area contributed by atoms with Crippen molar-refractivity contribution >= 4 is 16.0 Å². The SMILES string of the molecule is COCCCCc1cc(C(F)(F)F)ccc1C1CCOc2cc(S(=O)(=O)Nc3ncccn3)ccc21.